The van der Waals surface area contributed by atoms with Crippen molar-refractivity contribution in [2.75, 3.05) is 0 Å². The van der Waals surface area contributed by atoms with Crippen molar-refractivity contribution in [3.63, 3.8) is 0 Å². The highest BCUT2D eigenvalue weighted by Gasteiger charge is 1.96. The van der Waals surface area contributed by atoms with E-state index in [0.29, 0.717) is 0 Å². The fourth-order valence-electron chi connectivity index (χ4n) is 1.70. The number of hydrogen-bond acceptors (Lipinski definition) is 2. The van der Waals surface area contributed by atoms with E-state index in [0.717, 1.165) is 17.2 Å². The summed E-state index contributed by atoms with van der Waals surface area (Å²) in [6.07, 6.45) is 9.34. The van der Waals surface area contributed by atoms with Gasteiger partial charge in [-0.25, -0.2) is 9.59 Å². The minimum absolute atomic E-state index is 0.0869. The summed E-state index contributed by atoms with van der Waals surface area (Å²) in [4.78, 5) is 20.5. The molecule has 0 bridgehead atoms. The van der Waals surface area contributed by atoms with Gasteiger partial charge in [-0.3, -0.25) is 0 Å². The van der Waals surface area contributed by atoms with Gasteiger partial charge in [0.25, 0.3) is 0 Å². The van der Waals surface area contributed by atoms with Gasteiger partial charge in [0.15, 0.2) is 0 Å². The van der Waals surface area contributed by atoms with Crippen molar-refractivity contribution in [2.24, 2.45) is 0 Å². The quantitative estimate of drug-likeness (QED) is 0.587. The van der Waals surface area contributed by atoms with Crippen LogP contribution in [0, 0.1) is 0 Å². The van der Waals surface area contributed by atoms with E-state index in [9.17, 15) is 9.59 Å². The summed E-state index contributed by atoms with van der Waals surface area (Å²) in [6, 6.07) is 19.2. The largest absolute Gasteiger partial charge is 0.478 e. The fourth-order valence-corrected chi connectivity index (χ4v) is 1.70. The van der Waals surface area contributed by atoms with Crippen molar-refractivity contribution in [2.45, 2.75) is 0 Å². The highest BCUT2D eigenvalue weighted by atomic mass is 16.4. The Balaban J connectivity index is 0.000000260. The average molecular weight is 348 g/mol. The zero-order chi connectivity index (χ0) is 19.2. The van der Waals surface area contributed by atoms with Crippen molar-refractivity contribution in [1.29, 1.82) is 0 Å². The van der Waals surface area contributed by atoms with Gasteiger partial charge in [-0.1, -0.05) is 91.5 Å². The van der Waals surface area contributed by atoms with Gasteiger partial charge in [0.05, 0.1) is 5.57 Å². The van der Waals surface area contributed by atoms with E-state index in [1.54, 1.807) is 12.2 Å². The molecule has 0 spiro atoms. The van der Waals surface area contributed by atoms with Crippen LogP contribution in [0.15, 0.2) is 97.1 Å². The number of benzene rings is 2. The van der Waals surface area contributed by atoms with E-state index in [2.05, 4.69) is 6.58 Å². The number of aliphatic carboxylic acids is 2. The fraction of sp³-hybridized carbons (Fsp3) is 0. The monoisotopic (exact) mass is 348 g/mol. The summed E-state index contributed by atoms with van der Waals surface area (Å²) in [6.45, 7) is 3.38. The molecule has 0 aliphatic carbocycles. The Bertz CT molecular complexity index is 801. The molecule has 0 radical (unpaired) electrons. The van der Waals surface area contributed by atoms with E-state index in [4.69, 9.17) is 10.2 Å². The Morgan fingerprint density at radius 3 is 1.69 bits per heavy atom. The Hall–Kier alpha value is -3.66. The van der Waals surface area contributed by atoms with Crippen LogP contribution >= 0.6 is 0 Å². The molecule has 4 nitrogen and oxygen atoms in total. The van der Waals surface area contributed by atoms with Crippen LogP contribution in [0.3, 0.4) is 0 Å². The number of hydrogen-bond donors (Lipinski definition) is 2. The lowest BCUT2D eigenvalue weighted by atomic mass is 10.2. The molecule has 26 heavy (non-hydrogen) atoms. The normalized spacial score (nSPS) is 10.6. The maximum atomic E-state index is 10.4. The second kappa shape index (κ2) is 11.8. The van der Waals surface area contributed by atoms with E-state index < -0.39 is 11.9 Å². The SMILES string of the molecule is C=C(C=Cc1ccccc1)C(=O)O.O=C(O)C=CC=Cc1ccccc1. The molecule has 4 heteroatoms. The maximum Gasteiger partial charge on any atom is 0.335 e. The molecule has 0 atom stereocenters. The van der Waals surface area contributed by atoms with Crippen molar-refractivity contribution in [1.82, 2.24) is 0 Å². The van der Waals surface area contributed by atoms with Gasteiger partial charge < -0.3 is 10.2 Å². The Morgan fingerprint density at radius 2 is 1.23 bits per heavy atom. The Kier molecular flexibility index (Phi) is 9.26. The molecule has 0 aromatic heterocycles. The first kappa shape index (κ1) is 20.4. The molecule has 2 aromatic rings. The molecular weight excluding hydrogens is 328 g/mol. The van der Waals surface area contributed by atoms with Gasteiger partial charge in [0.1, 0.15) is 0 Å². The van der Waals surface area contributed by atoms with E-state index >= 15 is 0 Å². The lowest BCUT2D eigenvalue weighted by molar-refractivity contribution is -0.132. The molecule has 0 fully saturated rings. The van der Waals surface area contributed by atoms with Crippen LogP contribution in [0.1, 0.15) is 11.1 Å². The lowest BCUT2D eigenvalue weighted by Gasteiger charge is -1.91. The number of carboxylic acids is 2. The van der Waals surface area contributed by atoms with Gasteiger partial charge in [-0.2, -0.15) is 0 Å². The summed E-state index contributed by atoms with van der Waals surface area (Å²) in [5.74, 6) is -1.93. The first-order chi connectivity index (χ1) is 12.5. The number of rotatable bonds is 6. The Morgan fingerprint density at radius 1 is 0.731 bits per heavy atom. The lowest BCUT2D eigenvalue weighted by Crippen LogP contribution is -1.94. The molecule has 0 saturated heterocycles. The minimum atomic E-state index is -0.993. The predicted octanol–water partition coefficient (Wildman–Crippen LogP) is 4.68. The molecule has 132 valence electrons. The van der Waals surface area contributed by atoms with Crippen LogP contribution < -0.4 is 0 Å². The maximum absolute atomic E-state index is 10.4. The standard InChI is InChI=1S/2C11H10O2/c1-9(11(12)13)7-8-10-5-3-2-4-6-10;12-11(13)9-5-4-8-10-6-2-1-3-7-10/h2-8H,1H2,(H,12,13);1-9H,(H,12,13). The van der Waals surface area contributed by atoms with Gasteiger partial charge >= 0.3 is 11.9 Å². The van der Waals surface area contributed by atoms with Gasteiger partial charge in [0.2, 0.25) is 0 Å². The van der Waals surface area contributed by atoms with Crippen molar-refractivity contribution < 1.29 is 19.8 Å². The minimum Gasteiger partial charge on any atom is -0.478 e. The average Bonchev–Trinajstić information content (AvgIpc) is 2.65. The summed E-state index contributed by atoms with van der Waals surface area (Å²) in [5, 5.41) is 16.8. The number of carboxylic acid groups (broad SMARTS) is 2. The van der Waals surface area contributed by atoms with E-state index in [-0.39, 0.29) is 5.57 Å². The van der Waals surface area contributed by atoms with Crippen LogP contribution in [0.5, 0.6) is 0 Å². The first-order valence-electron chi connectivity index (χ1n) is 7.77. The highest BCUT2D eigenvalue weighted by molar-refractivity contribution is 5.90. The summed E-state index contributed by atoms with van der Waals surface area (Å²) < 4.78 is 0. The zero-order valence-electron chi connectivity index (χ0n) is 14.2. The third kappa shape index (κ3) is 9.47. The second-order valence-corrected chi connectivity index (χ2v) is 5.04. The van der Waals surface area contributed by atoms with Gasteiger partial charge in [0, 0.05) is 6.08 Å². The van der Waals surface area contributed by atoms with Crippen LogP contribution in [-0.2, 0) is 9.59 Å². The molecule has 0 heterocycles. The Labute approximate surface area is 152 Å². The number of allylic oxidation sites excluding steroid dienone is 2. The van der Waals surface area contributed by atoms with Crippen molar-refractivity contribution in [3.05, 3.63) is 108 Å². The zero-order valence-corrected chi connectivity index (χ0v) is 14.2. The van der Waals surface area contributed by atoms with Crippen LogP contribution in [-0.4, -0.2) is 22.2 Å². The summed E-state index contributed by atoms with van der Waals surface area (Å²) in [7, 11) is 0. The number of carbonyl (C=O) groups is 2. The first-order valence-corrected chi connectivity index (χ1v) is 7.77. The molecule has 0 amide bonds. The molecule has 2 rings (SSSR count). The third-order valence-corrected chi connectivity index (χ3v) is 2.99. The van der Waals surface area contributed by atoms with Crippen LogP contribution in [0.25, 0.3) is 12.2 Å². The van der Waals surface area contributed by atoms with Crippen molar-refractivity contribution >= 4 is 24.1 Å². The van der Waals surface area contributed by atoms with Crippen molar-refractivity contribution in [3.8, 4) is 0 Å². The molecular formula is C22H20O4. The summed E-state index contributed by atoms with van der Waals surface area (Å²) >= 11 is 0. The molecule has 0 aliphatic rings. The third-order valence-electron chi connectivity index (χ3n) is 2.99. The topological polar surface area (TPSA) is 74.6 Å². The molecule has 0 aliphatic heterocycles. The molecule has 0 unspecified atom stereocenters. The van der Waals surface area contributed by atoms with Gasteiger partial charge in [-0.15, -0.1) is 0 Å². The van der Waals surface area contributed by atoms with Crippen LogP contribution in [0.2, 0.25) is 0 Å². The smallest absolute Gasteiger partial charge is 0.335 e. The molecule has 2 N–H and O–H groups in total. The predicted molar refractivity (Wildman–Crippen MR) is 105 cm³/mol. The van der Waals surface area contributed by atoms with E-state index in [1.807, 2.05) is 66.7 Å². The highest BCUT2D eigenvalue weighted by Crippen LogP contribution is 2.03. The van der Waals surface area contributed by atoms with E-state index in [1.165, 1.54) is 12.2 Å². The molecule has 0 saturated carbocycles. The molecule has 2 aromatic carbocycles. The van der Waals surface area contributed by atoms with Crippen LogP contribution in [0.4, 0.5) is 0 Å². The second-order valence-electron chi connectivity index (χ2n) is 5.04. The summed E-state index contributed by atoms with van der Waals surface area (Å²) in [5.41, 5.74) is 2.10. The van der Waals surface area contributed by atoms with Gasteiger partial charge in [-0.05, 0) is 17.2 Å².